The average molecular weight is 602 g/mol. The monoisotopic (exact) mass is 599 g/mol. The summed E-state index contributed by atoms with van der Waals surface area (Å²) >= 11 is 10.3. The van der Waals surface area contributed by atoms with E-state index in [1.807, 2.05) is 13.0 Å². The molecule has 1 heterocycles. The van der Waals surface area contributed by atoms with Crippen LogP contribution in [0.2, 0.25) is 0 Å². The van der Waals surface area contributed by atoms with Gasteiger partial charge in [0, 0.05) is 27.9 Å². The Morgan fingerprint density at radius 3 is 2.60 bits per heavy atom. The Bertz CT molecular complexity index is 1240. The summed E-state index contributed by atoms with van der Waals surface area (Å²) in [5.74, 6) is 0.641. The Morgan fingerprint density at radius 2 is 1.97 bits per heavy atom. The van der Waals surface area contributed by atoms with E-state index in [0.29, 0.717) is 43.4 Å². The number of benzene rings is 2. The van der Waals surface area contributed by atoms with Gasteiger partial charge in [0.1, 0.15) is 5.82 Å². The van der Waals surface area contributed by atoms with Crippen LogP contribution in [0.1, 0.15) is 25.2 Å². The summed E-state index contributed by atoms with van der Waals surface area (Å²) in [5.41, 5.74) is 0.953. The predicted molar refractivity (Wildman–Crippen MR) is 126 cm³/mol. The predicted octanol–water partition coefficient (Wildman–Crippen LogP) is 5.06. The molecule has 0 amide bonds. The van der Waals surface area contributed by atoms with Crippen LogP contribution in [0.3, 0.4) is 0 Å². The minimum atomic E-state index is -0.477. The lowest BCUT2D eigenvalue weighted by Crippen LogP contribution is -2.22. The topological polar surface area (TPSA) is 82.8 Å². The van der Waals surface area contributed by atoms with Gasteiger partial charge in [0.25, 0.3) is 5.56 Å². The van der Waals surface area contributed by atoms with Gasteiger partial charge in [0.2, 0.25) is 0 Å². The molecule has 0 saturated heterocycles. The largest absolute Gasteiger partial charge is 0.493 e. The van der Waals surface area contributed by atoms with Crippen molar-refractivity contribution < 1.29 is 14.3 Å². The number of fused-ring (bicyclic) bond motifs is 1. The molecule has 0 saturated carbocycles. The molecule has 0 aliphatic rings. The standard InChI is InChI=1S/C20H16Br3N3O4/c1-4-16-25-14-6-5-12(21)8-13(14)20(28)26(16)24-9-11-7-15(29-3)19(30-10(2)27)18(23)17(11)22/h5-9H,4H2,1-3H3. The zero-order valence-corrected chi connectivity index (χ0v) is 21.0. The van der Waals surface area contributed by atoms with Crippen molar-refractivity contribution >= 4 is 70.9 Å². The number of halogens is 3. The molecule has 3 rings (SSSR count). The summed E-state index contributed by atoms with van der Waals surface area (Å²) in [5, 5.41) is 4.84. The number of hydrogen-bond donors (Lipinski definition) is 0. The lowest BCUT2D eigenvalue weighted by Gasteiger charge is -2.13. The lowest BCUT2D eigenvalue weighted by atomic mass is 10.2. The van der Waals surface area contributed by atoms with Crippen molar-refractivity contribution in [2.45, 2.75) is 20.3 Å². The van der Waals surface area contributed by atoms with Crippen LogP contribution in [0.25, 0.3) is 10.9 Å². The van der Waals surface area contributed by atoms with Gasteiger partial charge in [0.05, 0.1) is 28.7 Å². The van der Waals surface area contributed by atoms with Gasteiger partial charge in [-0.3, -0.25) is 9.59 Å². The smallest absolute Gasteiger partial charge is 0.308 e. The van der Waals surface area contributed by atoms with E-state index >= 15 is 0 Å². The number of carbonyl (C=O) groups is 1. The van der Waals surface area contributed by atoms with Gasteiger partial charge in [-0.1, -0.05) is 22.9 Å². The first-order valence-corrected chi connectivity index (χ1v) is 11.1. The SMILES string of the molecule is CCc1nc2ccc(Br)cc2c(=O)n1N=Cc1cc(OC)c(OC(C)=O)c(Br)c1Br. The Morgan fingerprint density at radius 1 is 1.23 bits per heavy atom. The molecule has 0 atom stereocenters. The summed E-state index contributed by atoms with van der Waals surface area (Å²) in [6.07, 6.45) is 2.04. The van der Waals surface area contributed by atoms with Crippen molar-refractivity contribution in [3.8, 4) is 11.5 Å². The van der Waals surface area contributed by atoms with Crippen molar-refractivity contribution in [3.63, 3.8) is 0 Å². The van der Waals surface area contributed by atoms with Crippen molar-refractivity contribution in [2.24, 2.45) is 5.10 Å². The van der Waals surface area contributed by atoms with Gasteiger partial charge in [-0.15, -0.1) is 0 Å². The van der Waals surface area contributed by atoms with E-state index in [1.54, 1.807) is 18.2 Å². The fourth-order valence-electron chi connectivity index (χ4n) is 2.75. The maximum atomic E-state index is 13.0. The molecular formula is C20H16Br3N3O4. The maximum absolute atomic E-state index is 13.0. The zero-order chi connectivity index (χ0) is 22.0. The number of hydrogen-bond acceptors (Lipinski definition) is 6. The molecule has 0 aliphatic heterocycles. The third-order valence-corrected chi connectivity index (χ3v) is 6.76. The molecule has 2 aromatic carbocycles. The third kappa shape index (κ3) is 4.50. The molecule has 0 bridgehead atoms. The molecule has 0 unspecified atom stereocenters. The molecule has 3 aromatic rings. The molecule has 0 spiro atoms. The highest BCUT2D eigenvalue weighted by Gasteiger charge is 2.18. The first-order valence-electron chi connectivity index (χ1n) is 8.76. The Balaban J connectivity index is 2.15. The molecule has 7 nitrogen and oxygen atoms in total. The maximum Gasteiger partial charge on any atom is 0.308 e. The first kappa shape index (κ1) is 22.6. The second-order valence-electron chi connectivity index (χ2n) is 6.12. The van der Waals surface area contributed by atoms with Crippen LogP contribution in [-0.4, -0.2) is 29.0 Å². The summed E-state index contributed by atoms with van der Waals surface area (Å²) in [6, 6.07) is 7.01. The van der Waals surface area contributed by atoms with Crippen molar-refractivity contribution in [1.82, 2.24) is 9.66 Å². The second kappa shape index (κ2) is 9.40. The van der Waals surface area contributed by atoms with E-state index in [-0.39, 0.29) is 11.3 Å². The number of esters is 1. The quantitative estimate of drug-likeness (QED) is 0.232. The van der Waals surface area contributed by atoms with E-state index in [9.17, 15) is 9.59 Å². The minimum Gasteiger partial charge on any atom is -0.493 e. The van der Waals surface area contributed by atoms with Crippen molar-refractivity contribution in [2.75, 3.05) is 7.11 Å². The minimum absolute atomic E-state index is 0.248. The number of aromatic nitrogens is 2. The van der Waals surface area contributed by atoms with Gasteiger partial charge in [-0.05, 0) is 56.1 Å². The van der Waals surface area contributed by atoms with Gasteiger partial charge >= 0.3 is 5.97 Å². The molecule has 30 heavy (non-hydrogen) atoms. The van der Waals surface area contributed by atoms with Gasteiger partial charge in [-0.25, -0.2) is 4.98 Å². The first-order chi connectivity index (χ1) is 14.3. The molecule has 0 radical (unpaired) electrons. The average Bonchev–Trinajstić information content (AvgIpc) is 2.72. The van der Waals surface area contributed by atoms with E-state index < -0.39 is 5.97 Å². The van der Waals surface area contributed by atoms with Crippen LogP contribution < -0.4 is 15.0 Å². The molecule has 1 aromatic heterocycles. The molecule has 0 aliphatic carbocycles. The highest BCUT2D eigenvalue weighted by atomic mass is 79.9. The molecule has 10 heteroatoms. The number of aryl methyl sites for hydroxylation is 1. The normalized spacial score (nSPS) is 11.3. The van der Waals surface area contributed by atoms with Crippen LogP contribution in [0.4, 0.5) is 0 Å². The Kier molecular flexibility index (Phi) is 7.10. The number of carbonyl (C=O) groups excluding carboxylic acids is 1. The fourth-order valence-corrected chi connectivity index (χ4v) is 4.01. The highest BCUT2D eigenvalue weighted by molar-refractivity contribution is 9.13. The molecule has 0 fully saturated rings. The summed E-state index contributed by atoms with van der Waals surface area (Å²) in [6.45, 7) is 3.21. The molecule has 156 valence electrons. The van der Waals surface area contributed by atoms with Crippen LogP contribution >= 0.6 is 47.8 Å². The number of methoxy groups -OCH3 is 1. The summed E-state index contributed by atoms with van der Waals surface area (Å²) in [4.78, 5) is 29.0. The number of ether oxygens (including phenoxy) is 2. The fraction of sp³-hybridized carbons (Fsp3) is 0.200. The zero-order valence-electron chi connectivity index (χ0n) is 16.2. The van der Waals surface area contributed by atoms with Gasteiger partial charge in [-0.2, -0.15) is 9.78 Å². The summed E-state index contributed by atoms with van der Waals surface area (Å²) < 4.78 is 13.7. The van der Waals surface area contributed by atoms with E-state index in [1.165, 1.54) is 24.9 Å². The Hall–Kier alpha value is -2.04. The van der Waals surface area contributed by atoms with Crippen molar-refractivity contribution in [3.05, 3.63) is 59.4 Å². The lowest BCUT2D eigenvalue weighted by molar-refractivity contribution is -0.132. The highest BCUT2D eigenvalue weighted by Crippen LogP contribution is 2.42. The van der Waals surface area contributed by atoms with E-state index in [2.05, 4.69) is 57.9 Å². The van der Waals surface area contributed by atoms with E-state index in [0.717, 1.165) is 4.47 Å². The third-order valence-electron chi connectivity index (χ3n) is 4.13. The van der Waals surface area contributed by atoms with Crippen molar-refractivity contribution in [1.29, 1.82) is 0 Å². The number of rotatable bonds is 5. The van der Waals surface area contributed by atoms with Crippen LogP contribution in [0.5, 0.6) is 11.5 Å². The van der Waals surface area contributed by atoms with Crippen LogP contribution in [0.15, 0.2) is 47.6 Å². The number of nitrogens with zero attached hydrogens (tertiary/aromatic N) is 3. The van der Waals surface area contributed by atoms with Gasteiger partial charge < -0.3 is 9.47 Å². The van der Waals surface area contributed by atoms with E-state index in [4.69, 9.17) is 9.47 Å². The van der Waals surface area contributed by atoms with Crippen LogP contribution in [-0.2, 0) is 11.2 Å². The van der Waals surface area contributed by atoms with Gasteiger partial charge in [0.15, 0.2) is 11.5 Å². The second-order valence-corrected chi connectivity index (χ2v) is 8.63. The Labute approximate surface area is 197 Å². The molecular weight excluding hydrogens is 586 g/mol. The van der Waals surface area contributed by atoms with Crippen LogP contribution in [0, 0.1) is 0 Å². The molecule has 0 N–H and O–H groups in total. The summed E-state index contributed by atoms with van der Waals surface area (Å²) in [7, 11) is 1.47.